The maximum Gasteiger partial charge on any atom is 0.236 e. The van der Waals surface area contributed by atoms with E-state index in [1.54, 1.807) is 13.0 Å². The molecule has 0 heterocycles. The van der Waals surface area contributed by atoms with E-state index >= 15 is 0 Å². The van der Waals surface area contributed by atoms with Crippen LogP contribution in [0.15, 0.2) is 18.2 Å². The summed E-state index contributed by atoms with van der Waals surface area (Å²) in [5.41, 5.74) is 6.44. The standard InChI is InChI=1S/C13H19ClN2O2/c1-3-18-12-5-4-11(14)8-10(12)6-7-16-13(17)9(2)15/h4-5,8-9H,3,6-7,15H2,1-2H3,(H,16,17)/t9-/m1/s1. The highest BCUT2D eigenvalue weighted by atomic mass is 35.5. The van der Waals surface area contributed by atoms with Crippen LogP contribution in [0.1, 0.15) is 19.4 Å². The molecular formula is C13H19ClN2O2. The topological polar surface area (TPSA) is 64.3 Å². The zero-order valence-corrected chi connectivity index (χ0v) is 11.5. The number of nitrogens with one attached hydrogen (secondary N) is 1. The first-order valence-electron chi connectivity index (χ1n) is 5.99. The first kappa shape index (κ1) is 14.8. The Morgan fingerprint density at radius 1 is 1.56 bits per heavy atom. The van der Waals surface area contributed by atoms with Gasteiger partial charge in [-0.2, -0.15) is 0 Å². The number of benzene rings is 1. The van der Waals surface area contributed by atoms with Crippen LogP contribution in [0.2, 0.25) is 5.02 Å². The van der Waals surface area contributed by atoms with Crippen molar-refractivity contribution >= 4 is 17.5 Å². The largest absolute Gasteiger partial charge is 0.494 e. The Morgan fingerprint density at radius 2 is 2.28 bits per heavy atom. The van der Waals surface area contributed by atoms with Gasteiger partial charge in [0.2, 0.25) is 5.91 Å². The van der Waals surface area contributed by atoms with E-state index in [1.807, 2.05) is 19.1 Å². The van der Waals surface area contributed by atoms with E-state index < -0.39 is 6.04 Å². The summed E-state index contributed by atoms with van der Waals surface area (Å²) in [6.07, 6.45) is 0.661. The molecule has 4 nitrogen and oxygen atoms in total. The number of hydrogen-bond donors (Lipinski definition) is 2. The fourth-order valence-electron chi connectivity index (χ4n) is 1.52. The van der Waals surface area contributed by atoms with Crippen LogP contribution >= 0.6 is 11.6 Å². The minimum absolute atomic E-state index is 0.157. The Morgan fingerprint density at radius 3 is 2.89 bits per heavy atom. The molecule has 0 aliphatic rings. The zero-order valence-electron chi connectivity index (χ0n) is 10.7. The highest BCUT2D eigenvalue weighted by molar-refractivity contribution is 6.30. The van der Waals surface area contributed by atoms with E-state index in [4.69, 9.17) is 22.1 Å². The minimum Gasteiger partial charge on any atom is -0.494 e. The monoisotopic (exact) mass is 270 g/mol. The number of ether oxygens (including phenoxy) is 1. The maximum absolute atomic E-state index is 11.3. The first-order chi connectivity index (χ1) is 8.54. The van der Waals surface area contributed by atoms with Gasteiger partial charge in [-0.05, 0) is 44.0 Å². The zero-order chi connectivity index (χ0) is 13.5. The summed E-state index contributed by atoms with van der Waals surface area (Å²) in [5, 5.41) is 3.42. The Balaban J connectivity index is 2.60. The molecule has 100 valence electrons. The number of carbonyl (C=O) groups excluding carboxylic acids is 1. The van der Waals surface area contributed by atoms with Crippen LogP contribution in [-0.2, 0) is 11.2 Å². The number of carbonyl (C=O) groups is 1. The molecule has 0 bridgehead atoms. The molecule has 0 aliphatic carbocycles. The highest BCUT2D eigenvalue weighted by Gasteiger charge is 2.08. The van der Waals surface area contributed by atoms with Crippen molar-refractivity contribution in [3.05, 3.63) is 28.8 Å². The van der Waals surface area contributed by atoms with Crippen molar-refractivity contribution < 1.29 is 9.53 Å². The smallest absolute Gasteiger partial charge is 0.236 e. The van der Waals surface area contributed by atoms with Crippen molar-refractivity contribution in [2.45, 2.75) is 26.3 Å². The molecule has 0 saturated heterocycles. The summed E-state index contributed by atoms with van der Waals surface area (Å²) in [6.45, 7) is 4.69. The van der Waals surface area contributed by atoms with Crippen molar-refractivity contribution in [3.63, 3.8) is 0 Å². The highest BCUT2D eigenvalue weighted by Crippen LogP contribution is 2.23. The molecular weight excluding hydrogens is 252 g/mol. The predicted octanol–water partition coefficient (Wildman–Crippen LogP) is 1.74. The van der Waals surface area contributed by atoms with Gasteiger partial charge in [0.15, 0.2) is 0 Å². The SMILES string of the molecule is CCOc1ccc(Cl)cc1CCNC(=O)[C@@H](C)N. The second-order valence-corrected chi connectivity index (χ2v) is 4.45. The molecule has 1 amide bonds. The number of hydrogen-bond acceptors (Lipinski definition) is 3. The Kier molecular flexibility index (Phi) is 5.95. The van der Waals surface area contributed by atoms with Crippen molar-refractivity contribution in [1.29, 1.82) is 0 Å². The molecule has 1 atom stereocenters. The third-order valence-corrected chi connectivity index (χ3v) is 2.66. The second-order valence-electron chi connectivity index (χ2n) is 4.01. The average Bonchev–Trinajstić information content (AvgIpc) is 2.32. The molecule has 1 rings (SSSR count). The third-order valence-electron chi connectivity index (χ3n) is 2.43. The van der Waals surface area contributed by atoms with Crippen molar-refractivity contribution in [3.8, 4) is 5.75 Å². The lowest BCUT2D eigenvalue weighted by Crippen LogP contribution is -2.39. The Hall–Kier alpha value is -1.26. The second kappa shape index (κ2) is 7.24. The maximum atomic E-state index is 11.3. The van der Waals surface area contributed by atoms with E-state index in [-0.39, 0.29) is 5.91 Å². The molecule has 0 saturated carbocycles. The van der Waals surface area contributed by atoms with E-state index in [9.17, 15) is 4.79 Å². The number of rotatable bonds is 6. The van der Waals surface area contributed by atoms with Crippen LogP contribution in [0.3, 0.4) is 0 Å². The normalized spacial score (nSPS) is 12.0. The summed E-state index contributed by atoms with van der Waals surface area (Å²) >= 11 is 5.95. The first-order valence-corrected chi connectivity index (χ1v) is 6.37. The predicted molar refractivity (Wildman–Crippen MR) is 73.0 cm³/mol. The molecule has 0 aliphatic heterocycles. The molecule has 0 spiro atoms. The minimum atomic E-state index is -0.490. The molecule has 1 aromatic rings. The van der Waals surface area contributed by atoms with Gasteiger partial charge < -0.3 is 15.8 Å². The van der Waals surface area contributed by atoms with Crippen LogP contribution < -0.4 is 15.8 Å². The van der Waals surface area contributed by atoms with E-state index in [0.717, 1.165) is 11.3 Å². The molecule has 3 N–H and O–H groups in total. The molecule has 5 heteroatoms. The fraction of sp³-hybridized carbons (Fsp3) is 0.462. The van der Waals surface area contributed by atoms with Gasteiger partial charge in [0, 0.05) is 11.6 Å². The van der Waals surface area contributed by atoms with E-state index in [1.165, 1.54) is 0 Å². The Bertz CT molecular complexity index is 408. The van der Waals surface area contributed by atoms with Gasteiger partial charge in [0.05, 0.1) is 12.6 Å². The van der Waals surface area contributed by atoms with Crippen molar-refractivity contribution in [2.24, 2.45) is 5.73 Å². The molecule has 0 radical (unpaired) electrons. The average molecular weight is 271 g/mol. The Labute approximate surface area is 112 Å². The van der Waals surface area contributed by atoms with Crippen molar-refractivity contribution in [2.75, 3.05) is 13.2 Å². The van der Waals surface area contributed by atoms with Gasteiger partial charge in [0.1, 0.15) is 5.75 Å². The van der Waals surface area contributed by atoms with Gasteiger partial charge in [0.25, 0.3) is 0 Å². The molecule has 0 fully saturated rings. The summed E-state index contributed by atoms with van der Waals surface area (Å²) in [5.74, 6) is 0.645. The van der Waals surface area contributed by atoms with Gasteiger partial charge in [-0.3, -0.25) is 4.79 Å². The third kappa shape index (κ3) is 4.55. The van der Waals surface area contributed by atoms with Crippen LogP contribution in [0.25, 0.3) is 0 Å². The van der Waals surface area contributed by atoms with Gasteiger partial charge in [-0.1, -0.05) is 11.6 Å². The van der Waals surface area contributed by atoms with E-state index in [2.05, 4.69) is 5.32 Å². The van der Waals surface area contributed by atoms with Gasteiger partial charge >= 0.3 is 0 Å². The van der Waals surface area contributed by atoms with Crippen LogP contribution in [0.4, 0.5) is 0 Å². The van der Waals surface area contributed by atoms with Gasteiger partial charge in [-0.15, -0.1) is 0 Å². The summed E-state index contributed by atoms with van der Waals surface area (Å²) < 4.78 is 5.50. The molecule has 18 heavy (non-hydrogen) atoms. The number of nitrogens with two attached hydrogens (primary N) is 1. The molecule has 0 unspecified atom stereocenters. The van der Waals surface area contributed by atoms with Crippen LogP contribution in [0, 0.1) is 0 Å². The summed E-state index contributed by atoms with van der Waals surface area (Å²) in [6, 6.07) is 4.99. The van der Waals surface area contributed by atoms with E-state index in [0.29, 0.717) is 24.6 Å². The molecule has 1 aromatic carbocycles. The fourth-order valence-corrected chi connectivity index (χ4v) is 1.72. The van der Waals surface area contributed by atoms with Crippen molar-refractivity contribution in [1.82, 2.24) is 5.32 Å². The van der Waals surface area contributed by atoms with Gasteiger partial charge in [-0.25, -0.2) is 0 Å². The lowest BCUT2D eigenvalue weighted by atomic mass is 10.1. The van der Waals surface area contributed by atoms with Crippen LogP contribution in [-0.4, -0.2) is 25.1 Å². The summed E-state index contributed by atoms with van der Waals surface area (Å²) in [4.78, 5) is 11.3. The lowest BCUT2D eigenvalue weighted by Gasteiger charge is -2.12. The quantitative estimate of drug-likeness (QED) is 0.828. The summed E-state index contributed by atoms with van der Waals surface area (Å²) in [7, 11) is 0. The molecule has 0 aromatic heterocycles. The number of amides is 1. The van der Waals surface area contributed by atoms with Crippen LogP contribution in [0.5, 0.6) is 5.75 Å². The number of halogens is 1. The lowest BCUT2D eigenvalue weighted by molar-refractivity contribution is -0.121.